The Morgan fingerprint density at radius 2 is 1.64 bits per heavy atom. The molecule has 9 heteroatoms. The van der Waals surface area contributed by atoms with E-state index in [1.54, 1.807) is 0 Å². The van der Waals surface area contributed by atoms with Crippen LogP contribution in [0.3, 0.4) is 0 Å². The number of carbonyl (C=O) groups excluding carboxylic acids is 1. The number of benzene rings is 1. The third kappa shape index (κ3) is 4.32. The normalized spacial score (nSPS) is 32.9. The molecule has 2 heterocycles. The summed E-state index contributed by atoms with van der Waals surface area (Å²) in [6.07, 6.45) is 6.95. The summed E-state index contributed by atoms with van der Waals surface area (Å²) in [4.78, 5) is 26.1. The van der Waals surface area contributed by atoms with E-state index in [4.69, 9.17) is 9.84 Å². The molecule has 1 aromatic carbocycles. The standard InChI is InChI=1S/C27H36N2O6S/c30-24(31)5-10-36(33,34)29-16-20-3-1-2-4-23(20)27(17-29)6-8-28(9-7-27)26(32)35-25-21-12-18-11-19(14-21)15-22(25)13-18/h1-4,18-19,21-22,25H,5-17H2,(H,30,31). The van der Waals surface area contributed by atoms with Gasteiger partial charge in [0, 0.05) is 31.6 Å². The number of ether oxygens (including phenoxy) is 1. The van der Waals surface area contributed by atoms with Crippen molar-refractivity contribution in [2.75, 3.05) is 25.4 Å². The van der Waals surface area contributed by atoms with Crippen LogP contribution < -0.4 is 0 Å². The molecule has 0 aromatic heterocycles. The summed E-state index contributed by atoms with van der Waals surface area (Å²) in [7, 11) is -3.71. The number of likely N-dealkylation sites (tertiary alicyclic amines) is 1. The van der Waals surface area contributed by atoms with Gasteiger partial charge in [0.25, 0.3) is 0 Å². The van der Waals surface area contributed by atoms with E-state index in [-0.39, 0.29) is 24.2 Å². The van der Waals surface area contributed by atoms with E-state index >= 15 is 0 Å². The first-order valence-corrected chi connectivity index (χ1v) is 15.1. The highest BCUT2D eigenvalue weighted by atomic mass is 32.2. The van der Waals surface area contributed by atoms with Crippen molar-refractivity contribution in [1.82, 2.24) is 9.21 Å². The molecule has 1 aromatic rings. The SMILES string of the molecule is O=C(O)CCS(=O)(=O)N1Cc2ccccc2C2(CCN(C(=O)OC3C4CC5CC(C4)CC3C5)CC2)C1. The highest BCUT2D eigenvalue weighted by Gasteiger charge is 2.51. The number of nitrogens with zero attached hydrogens (tertiary/aromatic N) is 2. The second-order valence-corrected chi connectivity index (χ2v) is 14.0. The Hall–Kier alpha value is -2.13. The zero-order chi connectivity index (χ0) is 25.1. The van der Waals surface area contributed by atoms with E-state index in [1.165, 1.54) is 36.4 Å². The molecule has 196 valence electrons. The Morgan fingerprint density at radius 3 is 2.28 bits per heavy atom. The second-order valence-electron chi connectivity index (χ2n) is 11.9. The summed E-state index contributed by atoms with van der Waals surface area (Å²) >= 11 is 0. The zero-order valence-corrected chi connectivity index (χ0v) is 21.5. The van der Waals surface area contributed by atoms with Crippen LogP contribution in [0.2, 0.25) is 0 Å². The molecule has 4 saturated carbocycles. The predicted octanol–water partition coefficient (Wildman–Crippen LogP) is 3.60. The Bertz CT molecular complexity index is 1110. The number of aliphatic carboxylic acids is 1. The monoisotopic (exact) mass is 516 g/mol. The van der Waals surface area contributed by atoms with Crippen LogP contribution >= 0.6 is 0 Å². The molecule has 8 nitrogen and oxygen atoms in total. The summed E-state index contributed by atoms with van der Waals surface area (Å²) in [5.41, 5.74) is 1.74. The number of hydrogen-bond donors (Lipinski definition) is 1. The lowest BCUT2D eigenvalue weighted by Gasteiger charge is -2.54. The highest BCUT2D eigenvalue weighted by Crippen LogP contribution is 2.55. The van der Waals surface area contributed by atoms with Gasteiger partial charge in [-0.2, -0.15) is 4.31 Å². The minimum atomic E-state index is -3.71. The highest BCUT2D eigenvalue weighted by molar-refractivity contribution is 7.89. The number of piperidine rings is 1. The number of carboxylic acids is 1. The molecule has 0 radical (unpaired) electrons. The molecule has 4 aliphatic carbocycles. The van der Waals surface area contributed by atoms with Crippen molar-refractivity contribution >= 4 is 22.1 Å². The maximum Gasteiger partial charge on any atom is 0.410 e. The van der Waals surface area contributed by atoms with Crippen LogP contribution in [0.25, 0.3) is 0 Å². The van der Waals surface area contributed by atoms with Crippen LogP contribution in [0.4, 0.5) is 4.79 Å². The van der Waals surface area contributed by atoms with Gasteiger partial charge < -0.3 is 14.7 Å². The van der Waals surface area contributed by atoms with Crippen molar-refractivity contribution in [1.29, 1.82) is 0 Å². The Balaban J connectivity index is 1.15. The Kier molecular flexibility index (Phi) is 6.06. The summed E-state index contributed by atoms with van der Waals surface area (Å²) in [6.45, 7) is 1.65. The molecular weight excluding hydrogens is 480 g/mol. The van der Waals surface area contributed by atoms with Gasteiger partial charge in [-0.15, -0.1) is 0 Å². The molecule has 2 aliphatic heterocycles. The molecule has 1 spiro atoms. The number of carboxylic acid groups (broad SMARTS) is 1. The van der Waals surface area contributed by atoms with E-state index in [1.807, 2.05) is 23.1 Å². The average Bonchev–Trinajstić information content (AvgIpc) is 2.85. The van der Waals surface area contributed by atoms with Gasteiger partial charge in [0.05, 0.1) is 12.2 Å². The molecule has 1 saturated heterocycles. The predicted molar refractivity (Wildman–Crippen MR) is 133 cm³/mol. The topological polar surface area (TPSA) is 104 Å². The molecule has 0 unspecified atom stereocenters. The van der Waals surface area contributed by atoms with Crippen LogP contribution in [-0.2, 0) is 31.5 Å². The van der Waals surface area contributed by atoms with E-state index < -0.39 is 28.2 Å². The summed E-state index contributed by atoms with van der Waals surface area (Å²) in [5.74, 6) is 1.20. The fourth-order valence-corrected chi connectivity index (χ4v) is 9.66. The van der Waals surface area contributed by atoms with Gasteiger partial charge in [-0.3, -0.25) is 4.79 Å². The molecule has 0 atom stereocenters. The summed E-state index contributed by atoms with van der Waals surface area (Å²) in [6, 6.07) is 7.95. The third-order valence-corrected chi connectivity index (χ3v) is 11.5. The maximum atomic E-state index is 13.2. The smallest absolute Gasteiger partial charge is 0.410 e. The quantitative estimate of drug-likeness (QED) is 0.641. The van der Waals surface area contributed by atoms with Gasteiger partial charge in [0.15, 0.2) is 0 Å². The lowest BCUT2D eigenvalue weighted by molar-refractivity contribution is -0.136. The molecule has 1 amide bonds. The number of rotatable bonds is 5. The fourth-order valence-electron chi connectivity index (χ4n) is 8.19. The van der Waals surface area contributed by atoms with Crippen molar-refractivity contribution in [3.63, 3.8) is 0 Å². The largest absolute Gasteiger partial charge is 0.481 e. The minimum absolute atomic E-state index is 0.0615. The van der Waals surface area contributed by atoms with Gasteiger partial charge in [-0.05, 0) is 79.7 Å². The summed E-state index contributed by atoms with van der Waals surface area (Å²) in [5, 5.41) is 9.01. The first-order chi connectivity index (χ1) is 17.2. The Morgan fingerprint density at radius 1 is 1.00 bits per heavy atom. The van der Waals surface area contributed by atoms with Gasteiger partial charge in [0.2, 0.25) is 10.0 Å². The van der Waals surface area contributed by atoms with Gasteiger partial charge in [0.1, 0.15) is 6.10 Å². The van der Waals surface area contributed by atoms with Crippen LogP contribution in [0.5, 0.6) is 0 Å². The van der Waals surface area contributed by atoms with E-state index in [0.29, 0.717) is 44.3 Å². The second kappa shape index (κ2) is 9.01. The van der Waals surface area contributed by atoms with E-state index in [0.717, 1.165) is 23.0 Å². The van der Waals surface area contributed by atoms with Crippen LogP contribution in [0.1, 0.15) is 62.5 Å². The van der Waals surface area contributed by atoms with E-state index in [2.05, 4.69) is 6.07 Å². The lowest BCUT2D eigenvalue weighted by atomic mass is 9.55. The maximum absolute atomic E-state index is 13.2. The van der Waals surface area contributed by atoms with Crippen molar-refractivity contribution in [3.05, 3.63) is 35.4 Å². The number of hydrogen-bond acceptors (Lipinski definition) is 5. The van der Waals surface area contributed by atoms with Crippen LogP contribution in [0.15, 0.2) is 24.3 Å². The van der Waals surface area contributed by atoms with Gasteiger partial charge in [-0.25, -0.2) is 13.2 Å². The zero-order valence-electron chi connectivity index (χ0n) is 20.7. The van der Waals surface area contributed by atoms with Crippen LogP contribution in [0, 0.1) is 23.7 Å². The number of carbonyl (C=O) groups is 2. The van der Waals surface area contributed by atoms with Crippen molar-refractivity contribution < 1.29 is 27.9 Å². The van der Waals surface area contributed by atoms with Crippen LogP contribution in [-0.4, -0.2) is 66.3 Å². The average molecular weight is 517 g/mol. The third-order valence-electron chi connectivity index (χ3n) is 9.74. The first-order valence-electron chi connectivity index (χ1n) is 13.5. The van der Waals surface area contributed by atoms with Gasteiger partial charge in [-0.1, -0.05) is 24.3 Å². The number of sulfonamides is 1. The molecule has 1 N–H and O–H groups in total. The molecule has 5 fully saturated rings. The summed E-state index contributed by atoms with van der Waals surface area (Å²) < 4.78 is 33.7. The molecule has 36 heavy (non-hydrogen) atoms. The van der Waals surface area contributed by atoms with Crippen molar-refractivity contribution in [2.45, 2.75) is 69.4 Å². The van der Waals surface area contributed by atoms with Crippen molar-refractivity contribution in [2.24, 2.45) is 23.7 Å². The number of fused-ring (bicyclic) bond motifs is 2. The molecule has 6 aliphatic rings. The minimum Gasteiger partial charge on any atom is -0.481 e. The van der Waals surface area contributed by atoms with Gasteiger partial charge >= 0.3 is 12.1 Å². The molecule has 4 bridgehead atoms. The molecule has 7 rings (SSSR count). The number of amides is 1. The van der Waals surface area contributed by atoms with E-state index in [9.17, 15) is 18.0 Å². The van der Waals surface area contributed by atoms with Crippen molar-refractivity contribution in [3.8, 4) is 0 Å². The fraction of sp³-hybridized carbons (Fsp3) is 0.704. The lowest BCUT2D eigenvalue weighted by Crippen LogP contribution is -2.55. The Labute approximate surface area is 213 Å². The first kappa shape index (κ1) is 24.2. The molecular formula is C27H36N2O6S.